The normalized spacial score (nSPS) is 19.2. The molecule has 0 N–H and O–H groups in total. The fourth-order valence-corrected chi connectivity index (χ4v) is 5.06. The van der Waals surface area contributed by atoms with Crippen LogP contribution in [0.5, 0.6) is 5.75 Å². The molecule has 0 saturated carbocycles. The fourth-order valence-electron chi connectivity index (χ4n) is 5.06. The van der Waals surface area contributed by atoms with Crippen molar-refractivity contribution in [1.29, 1.82) is 0 Å². The number of nitrogens with zero attached hydrogens (tertiary/aromatic N) is 4. The molecule has 4 rings (SSSR count). The van der Waals surface area contributed by atoms with Crippen LogP contribution in [-0.2, 0) is 11.2 Å². The second-order valence-electron chi connectivity index (χ2n) is 9.42. The fraction of sp³-hybridized carbons (Fsp3) is 0.536. The van der Waals surface area contributed by atoms with E-state index in [0.717, 1.165) is 71.1 Å². The number of amides is 1. The number of piperazine rings is 2. The minimum Gasteiger partial charge on any atom is -0.494 e. The van der Waals surface area contributed by atoms with Gasteiger partial charge in [0.2, 0.25) is 5.91 Å². The highest BCUT2D eigenvalue weighted by Gasteiger charge is 2.27. The van der Waals surface area contributed by atoms with Gasteiger partial charge < -0.3 is 14.5 Å². The molecular weight excluding hydrogens is 424 g/mol. The molecule has 2 aliphatic heterocycles. The van der Waals surface area contributed by atoms with Crippen molar-refractivity contribution in [3.05, 3.63) is 65.7 Å². The summed E-state index contributed by atoms with van der Waals surface area (Å²) < 4.78 is 5.84. The van der Waals surface area contributed by atoms with Crippen LogP contribution < -0.4 is 4.74 Å². The van der Waals surface area contributed by atoms with Crippen molar-refractivity contribution in [2.45, 2.75) is 26.3 Å². The molecule has 6 nitrogen and oxygen atoms in total. The quantitative estimate of drug-likeness (QED) is 0.570. The maximum Gasteiger partial charge on any atom is 0.236 e. The summed E-state index contributed by atoms with van der Waals surface area (Å²) in [6, 6.07) is 19.3. The standard InChI is InChI=1S/C28H40N4O2/c1-3-34-27-12-8-7-11-26(27)24(2)31-19-21-32(22-20-31)28(33)23-30-17-15-29(16-18-30)14-13-25-9-5-4-6-10-25/h4-12,24H,3,13-23H2,1-2H3. The average molecular weight is 465 g/mol. The lowest BCUT2D eigenvalue weighted by Gasteiger charge is -2.40. The number of ether oxygens (including phenoxy) is 1. The van der Waals surface area contributed by atoms with Crippen molar-refractivity contribution in [2.24, 2.45) is 0 Å². The van der Waals surface area contributed by atoms with Gasteiger partial charge in [-0.25, -0.2) is 0 Å². The molecule has 184 valence electrons. The SMILES string of the molecule is CCOc1ccccc1C(C)N1CCN(C(=O)CN2CCN(CCc3ccccc3)CC2)CC1. The van der Waals surface area contributed by atoms with E-state index in [1.54, 1.807) is 0 Å². The van der Waals surface area contributed by atoms with Crippen LogP contribution in [0.4, 0.5) is 0 Å². The van der Waals surface area contributed by atoms with Crippen LogP contribution >= 0.6 is 0 Å². The van der Waals surface area contributed by atoms with Crippen LogP contribution in [0.3, 0.4) is 0 Å². The molecule has 0 spiro atoms. The lowest BCUT2D eigenvalue weighted by molar-refractivity contribution is -0.134. The topological polar surface area (TPSA) is 39.3 Å². The van der Waals surface area contributed by atoms with Gasteiger partial charge in [0.05, 0.1) is 13.2 Å². The van der Waals surface area contributed by atoms with Crippen molar-refractivity contribution in [2.75, 3.05) is 72.1 Å². The second kappa shape index (κ2) is 12.3. The first-order valence-electron chi connectivity index (χ1n) is 12.9. The van der Waals surface area contributed by atoms with E-state index in [1.807, 2.05) is 13.0 Å². The molecule has 1 atom stereocenters. The summed E-state index contributed by atoms with van der Waals surface area (Å²) in [6.45, 7) is 14.0. The van der Waals surface area contributed by atoms with E-state index in [2.05, 4.69) is 75.1 Å². The van der Waals surface area contributed by atoms with Gasteiger partial charge in [-0.15, -0.1) is 0 Å². The Balaban J connectivity index is 1.18. The largest absolute Gasteiger partial charge is 0.494 e. The molecule has 0 aliphatic carbocycles. The van der Waals surface area contributed by atoms with Crippen molar-refractivity contribution >= 4 is 5.91 Å². The third kappa shape index (κ3) is 6.59. The van der Waals surface area contributed by atoms with Crippen LogP contribution in [0.15, 0.2) is 54.6 Å². The van der Waals surface area contributed by atoms with Crippen LogP contribution in [0.2, 0.25) is 0 Å². The van der Waals surface area contributed by atoms with Crippen molar-refractivity contribution in [3.63, 3.8) is 0 Å². The minimum atomic E-state index is 0.278. The Labute approximate surface area is 205 Å². The molecule has 0 radical (unpaired) electrons. The molecule has 2 heterocycles. The Kier molecular flexibility index (Phi) is 8.97. The summed E-state index contributed by atoms with van der Waals surface area (Å²) in [5.41, 5.74) is 2.63. The van der Waals surface area contributed by atoms with Gasteiger partial charge in [0.15, 0.2) is 0 Å². The molecule has 1 amide bonds. The van der Waals surface area contributed by atoms with Crippen LogP contribution in [0.25, 0.3) is 0 Å². The second-order valence-corrected chi connectivity index (χ2v) is 9.42. The minimum absolute atomic E-state index is 0.278. The van der Waals surface area contributed by atoms with Gasteiger partial charge in [0, 0.05) is 70.5 Å². The number of benzene rings is 2. The lowest BCUT2D eigenvalue weighted by Crippen LogP contribution is -2.54. The number of carbonyl (C=O) groups excluding carboxylic acids is 1. The van der Waals surface area contributed by atoms with E-state index < -0.39 is 0 Å². The summed E-state index contributed by atoms with van der Waals surface area (Å²) >= 11 is 0. The number of para-hydroxylation sites is 1. The van der Waals surface area contributed by atoms with E-state index in [0.29, 0.717) is 13.2 Å². The van der Waals surface area contributed by atoms with Crippen LogP contribution in [0.1, 0.15) is 31.0 Å². The number of hydrogen-bond donors (Lipinski definition) is 0. The van der Waals surface area contributed by atoms with E-state index in [1.165, 1.54) is 11.1 Å². The third-order valence-corrected chi connectivity index (χ3v) is 7.27. The molecule has 34 heavy (non-hydrogen) atoms. The highest BCUT2D eigenvalue weighted by molar-refractivity contribution is 5.78. The van der Waals surface area contributed by atoms with Gasteiger partial charge in [-0.2, -0.15) is 0 Å². The summed E-state index contributed by atoms with van der Waals surface area (Å²) in [5.74, 6) is 1.25. The molecule has 2 aliphatic rings. The van der Waals surface area contributed by atoms with Gasteiger partial charge in [0.1, 0.15) is 5.75 Å². The zero-order valence-electron chi connectivity index (χ0n) is 20.9. The Morgan fingerprint density at radius 3 is 2.21 bits per heavy atom. The summed E-state index contributed by atoms with van der Waals surface area (Å²) in [7, 11) is 0. The van der Waals surface area contributed by atoms with Crippen molar-refractivity contribution in [1.82, 2.24) is 19.6 Å². The van der Waals surface area contributed by atoms with E-state index in [4.69, 9.17) is 4.74 Å². The molecule has 2 aromatic carbocycles. The molecule has 2 fully saturated rings. The Bertz CT molecular complexity index is 890. The first kappa shape index (κ1) is 24.7. The number of carbonyl (C=O) groups is 1. The Hall–Kier alpha value is -2.41. The van der Waals surface area contributed by atoms with E-state index in [9.17, 15) is 4.79 Å². The molecule has 2 aromatic rings. The molecule has 6 heteroatoms. The predicted molar refractivity (Wildman–Crippen MR) is 137 cm³/mol. The Morgan fingerprint density at radius 1 is 0.853 bits per heavy atom. The molecule has 0 bridgehead atoms. The van der Waals surface area contributed by atoms with Gasteiger partial charge in [-0.1, -0.05) is 48.5 Å². The zero-order valence-corrected chi connectivity index (χ0v) is 20.9. The summed E-state index contributed by atoms with van der Waals surface area (Å²) in [5, 5.41) is 0. The maximum absolute atomic E-state index is 13.0. The van der Waals surface area contributed by atoms with Crippen LogP contribution in [-0.4, -0.2) is 97.6 Å². The van der Waals surface area contributed by atoms with E-state index >= 15 is 0 Å². The maximum atomic E-state index is 13.0. The van der Waals surface area contributed by atoms with Crippen LogP contribution in [0, 0.1) is 0 Å². The smallest absolute Gasteiger partial charge is 0.236 e. The predicted octanol–water partition coefficient (Wildman–Crippen LogP) is 3.15. The van der Waals surface area contributed by atoms with Gasteiger partial charge in [-0.3, -0.25) is 14.6 Å². The molecule has 1 unspecified atom stereocenters. The highest BCUT2D eigenvalue weighted by Crippen LogP contribution is 2.29. The summed E-state index contributed by atoms with van der Waals surface area (Å²) in [4.78, 5) is 22.3. The lowest BCUT2D eigenvalue weighted by atomic mass is 10.0. The first-order valence-corrected chi connectivity index (χ1v) is 12.9. The van der Waals surface area contributed by atoms with Gasteiger partial charge in [0.25, 0.3) is 0 Å². The number of hydrogen-bond acceptors (Lipinski definition) is 5. The Morgan fingerprint density at radius 2 is 1.50 bits per heavy atom. The highest BCUT2D eigenvalue weighted by atomic mass is 16.5. The molecule has 2 saturated heterocycles. The van der Waals surface area contributed by atoms with E-state index in [-0.39, 0.29) is 11.9 Å². The average Bonchev–Trinajstić information content (AvgIpc) is 2.89. The summed E-state index contributed by atoms with van der Waals surface area (Å²) in [6.07, 6.45) is 1.09. The third-order valence-electron chi connectivity index (χ3n) is 7.27. The van der Waals surface area contributed by atoms with Gasteiger partial charge in [-0.05, 0) is 31.9 Å². The molecule has 0 aromatic heterocycles. The first-order chi connectivity index (χ1) is 16.6. The van der Waals surface area contributed by atoms with Crippen molar-refractivity contribution < 1.29 is 9.53 Å². The number of rotatable bonds is 9. The zero-order chi connectivity index (χ0) is 23.8. The molecular formula is C28H40N4O2. The monoisotopic (exact) mass is 464 g/mol. The van der Waals surface area contributed by atoms with Gasteiger partial charge >= 0.3 is 0 Å². The van der Waals surface area contributed by atoms with Crippen molar-refractivity contribution in [3.8, 4) is 5.75 Å².